The molecule has 7 nitrogen and oxygen atoms in total. The molecule has 0 radical (unpaired) electrons. The summed E-state index contributed by atoms with van der Waals surface area (Å²) < 4.78 is 5.75. The molecule has 160 valence electrons. The highest BCUT2D eigenvalue weighted by molar-refractivity contribution is 6.24. The van der Waals surface area contributed by atoms with Gasteiger partial charge < -0.3 is 19.9 Å². The molecule has 30 heavy (non-hydrogen) atoms. The Morgan fingerprint density at radius 1 is 1.30 bits per heavy atom. The highest BCUT2D eigenvalue weighted by atomic mass is 16.6. The van der Waals surface area contributed by atoms with E-state index in [4.69, 9.17) is 9.57 Å². The Morgan fingerprint density at radius 2 is 2.07 bits per heavy atom. The number of rotatable bonds is 8. The largest absolute Gasteiger partial charge is 0.496 e. The second kappa shape index (κ2) is 9.15. The third-order valence-corrected chi connectivity index (χ3v) is 5.39. The number of hydrogen-bond donors (Lipinski definition) is 2. The number of aromatic amines is 1. The maximum atomic E-state index is 5.75. The molecule has 1 aromatic carbocycles. The lowest BCUT2D eigenvalue weighted by Gasteiger charge is -2.13. The molecule has 2 N–H and O–H groups in total. The second-order valence-electron chi connectivity index (χ2n) is 7.52. The molecule has 0 spiro atoms. The normalized spacial score (nSPS) is 13.7. The van der Waals surface area contributed by atoms with Gasteiger partial charge in [-0.2, -0.15) is 0 Å². The zero-order valence-electron chi connectivity index (χ0n) is 18.9. The number of H-pyrrole nitrogens is 1. The lowest BCUT2D eigenvalue weighted by Crippen LogP contribution is -2.12. The van der Waals surface area contributed by atoms with Crippen LogP contribution in [0, 0.1) is 12.8 Å². The Hall–Kier alpha value is -3.09. The van der Waals surface area contributed by atoms with Gasteiger partial charge in [0.2, 0.25) is 0 Å². The molecule has 0 aliphatic heterocycles. The zero-order valence-corrected chi connectivity index (χ0v) is 18.9. The van der Waals surface area contributed by atoms with Gasteiger partial charge in [-0.25, -0.2) is 9.97 Å². The van der Waals surface area contributed by atoms with Crippen molar-refractivity contribution in [2.75, 3.05) is 26.1 Å². The molecule has 7 heteroatoms. The Kier molecular flexibility index (Phi) is 6.59. The van der Waals surface area contributed by atoms with Gasteiger partial charge in [0.1, 0.15) is 30.1 Å². The van der Waals surface area contributed by atoms with Crippen LogP contribution in [0.2, 0.25) is 0 Å². The third kappa shape index (κ3) is 4.10. The van der Waals surface area contributed by atoms with E-state index in [9.17, 15) is 0 Å². The second-order valence-corrected chi connectivity index (χ2v) is 7.52. The summed E-state index contributed by atoms with van der Waals surface area (Å²) in [4.78, 5) is 17.7. The fourth-order valence-corrected chi connectivity index (χ4v) is 3.60. The van der Waals surface area contributed by atoms with E-state index in [2.05, 4.69) is 45.3 Å². The summed E-state index contributed by atoms with van der Waals surface area (Å²) in [6, 6.07) is 4.12. The number of allylic oxidation sites excluding steroid dienone is 2. The third-order valence-electron chi connectivity index (χ3n) is 5.39. The van der Waals surface area contributed by atoms with Crippen LogP contribution in [-0.2, 0) is 4.84 Å². The average molecular weight is 410 g/mol. The first-order valence-corrected chi connectivity index (χ1v) is 10.3. The predicted octanol–water partition coefficient (Wildman–Crippen LogP) is 5.31. The van der Waals surface area contributed by atoms with E-state index in [-0.39, 0.29) is 0 Å². The number of anilines is 1. The number of fused-ring (bicyclic) bond motifs is 3. The van der Waals surface area contributed by atoms with Crippen molar-refractivity contribution in [3.8, 4) is 5.75 Å². The van der Waals surface area contributed by atoms with Crippen LogP contribution in [0.25, 0.3) is 27.5 Å². The van der Waals surface area contributed by atoms with Gasteiger partial charge in [0.25, 0.3) is 0 Å². The maximum Gasteiger partial charge on any atom is 0.144 e. The van der Waals surface area contributed by atoms with Crippen molar-refractivity contribution >= 4 is 39.0 Å². The van der Waals surface area contributed by atoms with Crippen LogP contribution in [0.15, 0.2) is 23.4 Å². The Labute approximate surface area is 177 Å². The van der Waals surface area contributed by atoms with Crippen LogP contribution in [-0.4, -0.2) is 41.4 Å². The molecule has 0 saturated carbocycles. The topological polar surface area (TPSA) is 84.4 Å². The summed E-state index contributed by atoms with van der Waals surface area (Å²) in [5, 5.41) is 9.62. The maximum absolute atomic E-state index is 5.75. The highest BCUT2D eigenvalue weighted by Gasteiger charge is 2.18. The minimum absolute atomic E-state index is 0.557. The SMILES string of the molecule is C/C=C(/C(C)=N\OC)c1cc2[nH]c3nc(C)nc(NCC(C)CC)c3c2cc1OC. The Morgan fingerprint density at radius 3 is 2.70 bits per heavy atom. The van der Waals surface area contributed by atoms with Crippen molar-refractivity contribution in [3.63, 3.8) is 0 Å². The van der Waals surface area contributed by atoms with Gasteiger partial charge in [-0.15, -0.1) is 0 Å². The Bertz CT molecular complexity index is 1110. The smallest absolute Gasteiger partial charge is 0.144 e. The van der Waals surface area contributed by atoms with Crippen molar-refractivity contribution in [3.05, 3.63) is 29.6 Å². The minimum Gasteiger partial charge on any atom is -0.496 e. The number of ether oxygens (including phenoxy) is 1. The molecule has 3 rings (SSSR count). The van der Waals surface area contributed by atoms with Crippen molar-refractivity contribution < 1.29 is 9.57 Å². The van der Waals surface area contributed by atoms with E-state index in [1.807, 2.05) is 32.9 Å². The monoisotopic (exact) mass is 409 g/mol. The molecule has 3 aromatic rings. The zero-order chi connectivity index (χ0) is 21.8. The van der Waals surface area contributed by atoms with Gasteiger partial charge in [-0.05, 0) is 38.8 Å². The van der Waals surface area contributed by atoms with E-state index in [0.29, 0.717) is 5.92 Å². The van der Waals surface area contributed by atoms with Crippen molar-refractivity contribution in [1.29, 1.82) is 0 Å². The summed E-state index contributed by atoms with van der Waals surface area (Å²) in [6.07, 6.45) is 3.12. The van der Waals surface area contributed by atoms with Crippen molar-refractivity contribution in [1.82, 2.24) is 15.0 Å². The number of aryl methyl sites for hydroxylation is 1. The van der Waals surface area contributed by atoms with Gasteiger partial charge in [0.05, 0.1) is 18.2 Å². The summed E-state index contributed by atoms with van der Waals surface area (Å²) in [6.45, 7) is 11.1. The molecular formula is C23H31N5O2. The van der Waals surface area contributed by atoms with Crippen LogP contribution >= 0.6 is 0 Å². The van der Waals surface area contributed by atoms with Crippen molar-refractivity contribution in [2.24, 2.45) is 11.1 Å². The van der Waals surface area contributed by atoms with Gasteiger partial charge >= 0.3 is 0 Å². The van der Waals surface area contributed by atoms with Crippen molar-refractivity contribution in [2.45, 2.75) is 41.0 Å². The molecule has 2 aromatic heterocycles. The molecule has 0 fully saturated rings. The van der Waals surface area contributed by atoms with Crippen LogP contribution < -0.4 is 10.1 Å². The van der Waals surface area contributed by atoms with Crippen LogP contribution in [0.4, 0.5) is 5.82 Å². The minimum atomic E-state index is 0.557. The lowest BCUT2D eigenvalue weighted by atomic mass is 9.99. The van der Waals surface area contributed by atoms with E-state index in [1.165, 1.54) is 0 Å². The van der Waals surface area contributed by atoms with E-state index in [1.54, 1.807) is 14.2 Å². The summed E-state index contributed by atoms with van der Waals surface area (Å²) in [5.41, 5.74) is 4.45. The molecule has 0 aliphatic rings. The van der Waals surface area contributed by atoms with E-state index in [0.717, 1.165) is 69.1 Å². The first kappa shape index (κ1) is 21.6. The predicted molar refractivity (Wildman–Crippen MR) is 124 cm³/mol. The van der Waals surface area contributed by atoms with Crippen LogP contribution in [0.5, 0.6) is 5.75 Å². The first-order valence-electron chi connectivity index (χ1n) is 10.3. The number of benzene rings is 1. The van der Waals surface area contributed by atoms with Crippen LogP contribution in [0.1, 0.15) is 45.5 Å². The number of aromatic nitrogens is 3. The fourth-order valence-electron chi connectivity index (χ4n) is 3.60. The molecule has 0 amide bonds. The number of hydrogen-bond acceptors (Lipinski definition) is 6. The number of methoxy groups -OCH3 is 1. The molecule has 0 bridgehead atoms. The van der Waals surface area contributed by atoms with Crippen LogP contribution in [0.3, 0.4) is 0 Å². The summed E-state index contributed by atoms with van der Waals surface area (Å²) >= 11 is 0. The lowest BCUT2D eigenvalue weighted by molar-refractivity contribution is 0.214. The molecule has 0 saturated heterocycles. The standard InChI is InChI=1S/C23H31N5O2/c1-8-13(3)12-24-22-21-18-11-20(29-6)17(16(9-2)14(4)28-30-7)10-19(18)27-23(21)26-15(5)25-22/h9-11,13H,8,12H2,1-7H3,(H2,24,25,26,27)/b16-9-,28-14-. The Balaban J connectivity index is 2.22. The number of nitrogens with one attached hydrogen (secondary N) is 2. The molecule has 1 unspecified atom stereocenters. The summed E-state index contributed by atoms with van der Waals surface area (Å²) in [7, 11) is 3.22. The number of oxime groups is 1. The quantitative estimate of drug-likeness (QED) is 0.389. The fraction of sp³-hybridized carbons (Fsp3) is 0.435. The van der Waals surface area contributed by atoms with E-state index < -0.39 is 0 Å². The molecule has 1 atom stereocenters. The summed E-state index contributed by atoms with van der Waals surface area (Å²) in [5.74, 6) is 2.89. The molecule has 2 heterocycles. The molecular weight excluding hydrogens is 378 g/mol. The van der Waals surface area contributed by atoms with Gasteiger partial charge in [-0.3, -0.25) is 0 Å². The van der Waals surface area contributed by atoms with Gasteiger partial charge in [-0.1, -0.05) is 31.5 Å². The molecule has 0 aliphatic carbocycles. The van der Waals surface area contributed by atoms with E-state index >= 15 is 0 Å². The first-order chi connectivity index (χ1) is 14.4. The van der Waals surface area contributed by atoms with Gasteiger partial charge in [0, 0.05) is 28.6 Å². The highest BCUT2D eigenvalue weighted by Crippen LogP contribution is 2.37. The van der Waals surface area contributed by atoms with Gasteiger partial charge in [0.15, 0.2) is 0 Å². The average Bonchev–Trinajstić information content (AvgIpc) is 3.08. The number of nitrogens with zero attached hydrogens (tertiary/aromatic N) is 3.